The number of carbonyl (C=O) groups is 1. The average Bonchev–Trinajstić information content (AvgIpc) is 3.03. The number of para-hydroxylation sites is 1. The number of carbonyl (C=O) groups excluding carboxylic acids is 1. The number of aliphatic hydroxyl groups is 1. The minimum atomic E-state index is -0.593. The van der Waals surface area contributed by atoms with Crippen LogP contribution >= 0.6 is 0 Å². The molecule has 0 amide bonds. The summed E-state index contributed by atoms with van der Waals surface area (Å²) in [5, 5.41) is 9.83. The molecule has 1 aromatic heterocycles. The predicted molar refractivity (Wildman–Crippen MR) is 100 cm³/mol. The van der Waals surface area contributed by atoms with Crippen molar-refractivity contribution < 1.29 is 19.4 Å². The number of hydrogen-bond donors (Lipinski definition) is 1. The minimum Gasteiger partial charge on any atom is -0.496 e. The molecule has 1 aliphatic heterocycles. The lowest BCUT2D eigenvalue weighted by molar-refractivity contribution is -0.160. The largest absolute Gasteiger partial charge is 0.496 e. The van der Waals surface area contributed by atoms with E-state index in [0.717, 1.165) is 23.6 Å². The number of methoxy groups -OCH3 is 1. The summed E-state index contributed by atoms with van der Waals surface area (Å²) in [7, 11) is 1.68. The van der Waals surface area contributed by atoms with E-state index < -0.39 is 6.10 Å². The summed E-state index contributed by atoms with van der Waals surface area (Å²) in [5.41, 5.74) is 3.37. The monoisotopic (exact) mass is 357 g/mol. The van der Waals surface area contributed by atoms with Gasteiger partial charge in [-0.25, -0.2) is 0 Å². The first-order valence-electron chi connectivity index (χ1n) is 9.20. The third kappa shape index (κ3) is 3.93. The zero-order chi connectivity index (χ0) is 18.7. The first-order chi connectivity index (χ1) is 12.5. The average molecular weight is 357 g/mol. The van der Waals surface area contributed by atoms with E-state index in [-0.39, 0.29) is 18.5 Å². The molecule has 0 spiro atoms. The lowest BCUT2D eigenvalue weighted by atomic mass is 10.0. The van der Waals surface area contributed by atoms with Gasteiger partial charge < -0.3 is 19.1 Å². The standard InChI is InChI=1S/C21H27NO4/c1-14(2)18-8-9-19(17-6-4-5-7-20(17)25-3)22(18)11-10-16-12-15(23)13-21(24)26-16/h4-9,14-16,23H,10-13H2,1-3H3/t15-,16-/m1/s1. The van der Waals surface area contributed by atoms with Crippen LogP contribution in [0.15, 0.2) is 36.4 Å². The van der Waals surface area contributed by atoms with Crippen LogP contribution in [0.3, 0.4) is 0 Å². The lowest BCUT2D eigenvalue weighted by Gasteiger charge is -2.27. The molecule has 5 heteroatoms. The molecule has 0 bridgehead atoms. The van der Waals surface area contributed by atoms with Crippen molar-refractivity contribution in [2.75, 3.05) is 7.11 Å². The Kier molecular flexibility index (Phi) is 5.67. The van der Waals surface area contributed by atoms with Gasteiger partial charge in [-0.3, -0.25) is 4.79 Å². The number of ether oxygens (including phenoxy) is 2. The summed E-state index contributed by atoms with van der Waals surface area (Å²) in [6.07, 6.45) is 0.459. The Balaban J connectivity index is 1.87. The number of rotatable bonds is 6. The molecule has 5 nitrogen and oxygen atoms in total. The number of aromatic nitrogens is 1. The maximum Gasteiger partial charge on any atom is 0.308 e. The molecule has 0 radical (unpaired) electrons. The van der Waals surface area contributed by atoms with Crippen LogP contribution in [0, 0.1) is 0 Å². The highest BCUT2D eigenvalue weighted by Gasteiger charge is 2.27. The highest BCUT2D eigenvalue weighted by molar-refractivity contribution is 5.71. The molecule has 0 unspecified atom stereocenters. The summed E-state index contributed by atoms with van der Waals surface area (Å²) < 4.78 is 13.2. The molecule has 2 aromatic rings. The smallest absolute Gasteiger partial charge is 0.308 e. The maximum atomic E-state index is 11.6. The van der Waals surface area contributed by atoms with Crippen molar-refractivity contribution >= 4 is 5.97 Å². The molecule has 2 atom stereocenters. The number of aliphatic hydroxyl groups excluding tert-OH is 1. The molecular formula is C21H27NO4. The molecule has 0 aliphatic carbocycles. The number of benzene rings is 1. The molecule has 140 valence electrons. The highest BCUT2D eigenvalue weighted by atomic mass is 16.5. The van der Waals surface area contributed by atoms with Gasteiger partial charge >= 0.3 is 5.97 Å². The van der Waals surface area contributed by atoms with E-state index in [1.165, 1.54) is 5.69 Å². The van der Waals surface area contributed by atoms with Gasteiger partial charge in [-0.1, -0.05) is 26.0 Å². The second-order valence-electron chi connectivity index (χ2n) is 7.14. The molecule has 26 heavy (non-hydrogen) atoms. The second kappa shape index (κ2) is 7.96. The molecule has 0 saturated carbocycles. The van der Waals surface area contributed by atoms with Crippen molar-refractivity contribution in [2.24, 2.45) is 0 Å². The van der Waals surface area contributed by atoms with Crippen LogP contribution in [0.4, 0.5) is 0 Å². The van der Waals surface area contributed by atoms with E-state index >= 15 is 0 Å². The summed E-state index contributed by atoms with van der Waals surface area (Å²) in [6.45, 7) is 5.06. The Hall–Kier alpha value is -2.27. The quantitative estimate of drug-likeness (QED) is 0.800. The van der Waals surface area contributed by atoms with Gasteiger partial charge in [-0.2, -0.15) is 0 Å². The Morgan fingerprint density at radius 3 is 2.73 bits per heavy atom. The first kappa shape index (κ1) is 18.5. The Labute approximate surface area is 154 Å². The molecule has 2 heterocycles. The molecule has 1 N–H and O–H groups in total. The van der Waals surface area contributed by atoms with Gasteiger partial charge in [0.05, 0.1) is 25.3 Å². The zero-order valence-corrected chi connectivity index (χ0v) is 15.6. The van der Waals surface area contributed by atoms with Crippen molar-refractivity contribution in [1.82, 2.24) is 4.57 Å². The van der Waals surface area contributed by atoms with E-state index in [4.69, 9.17) is 9.47 Å². The molecule has 1 saturated heterocycles. The SMILES string of the molecule is COc1ccccc1-c1ccc(C(C)C)n1CC[C@@H]1C[C@@H](O)CC(=O)O1. The summed E-state index contributed by atoms with van der Waals surface area (Å²) in [5.74, 6) is 0.898. The number of cyclic esters (lactones) is 1. The third-order valence-electron chi connectivity index (χ3n) is 4.90. The van der Waals surface area contributed by atoms with E-state index in [1.807, 2.05) is 18.2 Å². The van der Waals surface area contributed by atoms with Crippen LogP contribution in [0.1, 0.15) is 44.7 Å². The van der Waals surface area contributed by atoms with Crippen LogP contribution in [0.2, 0.25) is 0 Å². The van der Waals surface area contributed by atoms with Crippen molar-refractivity contribution in [2.45, 2.75) is 57.8 Å². The van der Waals surface area contributed by atoms with Gasteiger partial charge in [-0.05, 0) is 30.2 Å². The maximum absolute atomic E-state index is 11.6. The first-order valence-corrected chi connectivity index (χ1v) is 9.20. The van der Waals surface area contributed by atoms with Crippen LogP contribution in [-0.4, -0.2) is 35.0 Å². The fraction of sp³-hybridized carbons (Fsp3) is 0.476. The summed E-state index contributed by atoms with van der Waals surface area (Å²) >= 11 is 0. The highest BCUT2D eigenvalue weighted by Crippen LogP contribution is 2.33. The number of esters is 1. The van der Waals surface area contributed by atoms with Gasteiger partial charge in [-0.15, -0.1) is 0 Å². The van der Waals surface area contributed by atoms with Crippen LogP contribution in [0.25, 0.3) is 11.3 Å². The van der Waals surface area contributed by atoms with E-state index in [0.29, 0.717) is 18.8 Å². The molecule has 1 fully saturated rings. The van der Waals surface area contributed by atoms with Gasteiger partial charge in [0.2, 0.25) is 0 Å². The van der Waals surface area contributed by atoms with Crippen molar-refractivity contribution in [3.05, 3.63) is 42.1 Å². The predicted octanol–water partition coefficient (Wildman–Crippen LogP) is 3.74. The second-order valence-corrected chi connectivity index (χ2v) is 7.14. The van der Waals surface area contributed by atoms with E-state index in [1.54, 1.807) is 7.11 Å². The van der Waals surface area contributed by atoms with Crippen molar-refractivity contribution in [3.8, 4) is 17.0 Å². The van der Waals surface area contributed by atoms with Crippen molar-refractivity contribution in [1.29, 1.82) is 0 Å². The zero-order valence-electron chi connectivity index (χ0n) is 15.6. The van der Waals surface area contributed by atoms with Crippen molar-refractivity contribution in [3.63, 3.8) is 0 Å². The van der Waals surface area contributed by atoms with E-state index in [9.17, 15) is 9.90 Å². The van der Waals surface area contributed by atoms with Gasteiger partial charge in [0, 0.05) is 30.6 Å². The van der Waals surface area contributed by atoms with Crippen LogP contribution < -0.4 is 4.74 Å². The Morgan fingerprint density at radius 2 is 2.04 bits per heavy atom. The molecule has 1 aliphatic rings. The molecule has 1 aromatic carbocycles. The Bertz CT molecular complexity index is 765. The summed E-state index contributed by atoms with van der Waals surface area (Å²) in [6, 6.07) is 12.2. The fourth-order valence-corrected chi connectivity index (χ4v) is 3.64. The normalized spacial score (nSPS) is 20.3. The minimum absolute atomic E-state index is 0.101. The molecule has 3 rings (SSSR count). The fourth-order valence-electron chi connectivity index (χ4n) is 3.64. The topological polar surface area (TPSA) is 60.7 Å². The summed E-state index contributed by atoms with van der Waals surface area (Å²) in [4.78, 5) is 11.6. The van der Waals surface area contributed by atoms with E-state index in [2.05, 4.69) is 36.6 Å². The van der Waals surface area contributed by atoms with Crippen LogP contribution in [0.5, 0.6) is 5.75 Å². The number of nitrogens with zero attached hydrogens (tertiary/aromatic N) is 1. The Morgan fingerprint density at radius 1 is 1.27 bits per heavy atom. The van der Waals surface area contributed by atoms with Gasteiger partial charge in [0.25, 0.3) is 0 Å². The van der Waals surface area contributed by atoms with Gasteiger partial charge in [0.1, 0.15) is 11.9 Å². The number of hydrogen-bond acceptors (Lipinski definition) is 4. The molecular weight excluding hydrogens is 330 g/mol. The third-order valence-corrected chi connectivity index (χ3v) is 4.90. The van der Waals surface area contributed by atoms with Gasteiger partial charge in [0.15, 0.2) is 0 Å². The van der Waals surface area contributed by atoms with Crippen LogP contribution in [-0.2, 0) is 16.1 Å². The lowest BCUT2D eigenvalue weighted by Crippen LogP contribution is -2.33.